The predicted octanol–water partition coefficient (Wildman–Crippen LogP) is 5.04. The normalized spacial score (nSPS) is 11.7. The minimum absolute atomic E-state index is 0.139. The van der Waals surface area contributed by atoms with Gasteiger partial charge in [-0.3, -0.25) is 4.72 Å². The van der Waals surface area contributed by atoms with Crippen molar-refractivity contribution in [1.82, 2.24) is 10.3 Å². The minimum Gasteiger partial charge on any atom is -0.494 e. The molecule has 9 heteroatoms. The molecule has 0 amide bonds. The smallest absolute Gasteiger partial charge is 0.261 e. The average molecular weight is 456 g/mol. The molecule has 1 heterocycles. The Morgan fingerprint density at radius 2 is 1.76 bits per heavy atom. The van der Waals surface area contributed by atoms with E-state index in [4.69, 9.17) is 27.9 Å². The molecule has 0 spiro atoms. The van der Waals surface area contributed by atoms with Gasteiger partial charge in [0.15, 0.2) is 0 Å². The number of fused-ring (bicyclic) bond motifs is 1. The van der Waals surface area contributed by atoms with Gasteiger partial charge in [-0.25, -0.2) is 8.42 Å². The summed E-state index contributed by atoms with van der Waals surface area (Å²) in [7, 11) is -1.84. The van der Waals surface area contributed by atoms with Crippen molar-refractivity contribution in [2.45, 2.75) is 24.2 Å². The third kappa shape index (κ3) is 5.36. The molecule has 2 aromatic carbocycles. The van der Waals surface area contributed by atoms with Crippen LogP contribution in [0.3, 0.4) is 0 Å². The van der Waals surface area contributed by atoms with Crippen molar-refractivity contribution in [3.63, 3.8) is 0 Å². The number of benzene rings is 2. The van der Waals surface area contributed by atoms with Crippen molar-refractivity contribution < 1.29 is 13.2 Å². The quantitative estimate of drug-likeness (QED) is 0.373. The molecule has 156 valence electrons. The lowest BCUT2D eigenvalue weighted by Crippen LogP contribution is -2.13. The fourth-order valence-corrected chi connectivity index (χ4v) is 4.57. The van der Waals surface area contributed by atoms with E-state index in [9.17, 15) is 8.42 Å². The Morgan fingerprint density at radius 1 is 1.00 bits per heavy atom. The number of aromatic nitrogens is 1. The highest BCUT2D eigenvalue weighted by Crippen LogP contribution is 2.35. The molecule has 0 saturated carbocycles. The standard InChI is InChI=1S/C20H23Cl2N3O3S/c1-23-11-3-2-4-12-28-14-5-7-15(8-6-14)29(26,27)25-18-10-9-16(21)19-17(22)13-24-20(18)19/h5-10,13,23-25H,2-4,11-12H2,1H3. The van der Waals surface area contributed by atoms with Crippen molar-refractivity contribution in [3.8, 4) is 5.75 Å². The van der Waals surface area contributed by atoms with Gasteiger partial charge >= 0.3 is 0 Å². The van der Waals surface area contributed by atoms with Gasteiger partial charge in [0.05, 0.1) is 32.8 Å². The number of hydrogen-bond acceptors (Lipinski definition) is 4. The number of rotatable bonds is 10. The maximum Gasteiger partial charge on any atom is 0.261 e. The number of unbranched alkanes of at least 4 members (excludes halogenated alkanes) is 2. The van der Waals surface area contributed by atoms with Crippen molar-refractivity contribution in [2.75, 3.05) is 24.9 Å². The Hall–Kier alpha value is -1.93. The Balaban J connectivity index is 1.67. The van der Waals surface area contributed by atoms with Crippen LogP contribution in [0.1, 0.15) is 19.3 Å². The van der Waals surface area contributed by atoms with Gasteiger partial charge in [-0.2, -0.15) is 0 Å². The van der Waals surface area contributed by atoms with Crippen LogP contribution in [-0.2, 0) is 10.0 Å². The first-order valence-electron chi connectivity index (χ1n) is 9.28. The first kappa shape index (κ1) is 21.8. The summed E-state index contributed by atoms with van der Waals surface area (Å²) in [5.74, 6) is 0.641. The number of nitrogens with one attached hydrogen (secondary N) is 3. The Labute approximate surface area is 180 Å². The second-order valence-electron chi connectivity index (χ2n) is 6.57. The van der Waals surface area contributed by atoms with Crippen LogP contribution in [0.25, 0.3) is 10.9 Å². The molecule has 0 radical (unpaired) electrons. The molecular formula is C20H23Cl2N3O3S. The van der Waals surface area contributed by atoms with Crippen LogP contribution >= 0.6 is 23.2 Å². The van der Waals surface area contributed by atoms with E-state index in [-0.39, 0.29) is 4.90 Å². The van der Waals surface area contributed by atoms with Crippen LogP contribution in [-0.4, -0.2) is 33.6 Å². The SMILES string of the molecule is CNCCCCCOc1ccc(S(=O)(=O)Nc2ccc(Cl)c3c(Cl)c[nH]c23)cc1. The van der Waals surface area contributed by atoms with Gasteiger partial charge in [0.1, 0.15) is 5.75 Å². The number of ether oxygens (including phenoxy) is 1. The third-order valence-corrected chi connectivity index (χ3v) is 6.45. The van der Waals surface area contributed by atoms with Crippen LogP contribution in [0.15, 0.2) is 47.5 Å². The molecule has 3 aromatic rings. The van der Waals surface area contributed by atoms with Crippen molar-refractivity contribution >= 4 is 49.8 Å². The van der Waals surface area contributed by atoms with E-state index in [2.05, 4.69) is 15.0 Å². The zero-order valence-electron chi connectivity index (χ0n) is 16.0. The summed E-state index contributed by atoms with van der Waals surface area (Å²) in [6.45, 7) is 1.60. The highest BCUT2D eigenvalue weighted by Gasteiger charge is 2.18. The van der Waals surface area contributed by atoms with Gasteiger partial charge in [0, 0.05) is 11.6 Å². The lowest BCUT2D eigenvalue weighted by molar-refractivity contribution is 0.305. The monoisotopic (exact) mass is 455 g/mol. The summed E-state index contributed by atoms with van der Waals surface area (Å²) in [6.07, 6.45) is 4.71. The summed E-state index contributed by atoms with van der Waals surface area (Å²) < 4.78 is 33.8. The van der Waals surface area contributed by atoms with E-state index in [1.54, 1.807) is 30.5 Å². The van der Waals surface area contributed by atoms with Crippen LogP contribution < -0.4 is 14.8 Å². The Kier molecular flexibility index (Phi) is 7.29. The van der Waals surface area contributed by atoms with Crippen LogP contribution in [0.2, 0.25) is 10.0 Å². The van der Waals surface area contributed by atoms with Gasteiger partial charge in [0.25, 0.3) is 10.0 Å². The number of H-pyrrole nitrogens is 1. The van der Waals surface area contributed by atoms with Gasteiger partial charge in [-0.15, -0.1) is 0 Å². The first-order chi connectivity index (χ1) is 13.9. The second kappa shape index (κ2) is 9.71. The highest BCUT2D eigenvalue weighted by molar-refractivity contribution is 7.92. The summed E-state index contributed by atoms with van der Waals surface area (Å²) in [5, 5.41) is 4.56. The molecule has 3 rings (SSSR count). The largest absolute Gasteiger partial charge is 0.494 e. The van der Waals surface area contributed by atoms with E-state index in [0.717, 1.165) is 25.8 Å². The van der Waals surface area contributed by atoms with E-state index in [1.165, 1.54) is 12.1 Å². The second-order valence-corrected chi connectivity index (χ2v) is 9.07. The maximum atomic E-state index is 12.8. The van der Waals surface area contributed by atoms with Crippen LogP contribution in [0.5, 0.6) is 5.75 Å². The predicted molar refractivity (Wildman–Crippen MR) is 119 cm³/mol. The Bertz CT molecular complexity index is 1070. The molecule has 0 atom stereocenters. The number of hydrogen-bond donors (Lipinski definition) is 3. The van der Waals surface area contributed by atoms with Crippen LogP contribution in [0, 0.1) is 0 Å². The third-order valence-electron chi connectivity index (χ3n) is 4.45. The lowest BCUT2D eigenvalue weighted by Gasteiger charge is -2.11. The topological polar surface area (TPSA) is 83.2 Å². The summed E-state index contributed by atoms with van der Waals surface area (Å²) in [6, 6.07) is 9.56. The molecule has 6 nitrogen and oxygen atoms in total. The van der Waals surface area contributed by atoms with Gasteiger partial charge in [-0.1, -0.05) is 23.2 Å². The fourth-order valence-electron chi connectivity index (χ4n) is 2.94. The number of aromatic amines is 1. The fraction of sp³-hybridized carbons (Fsp3) is 0.300. The van der Waals surface area contributed by atoms with Crippen molar-refractivity contribution in [3.05, 3.63) is 52.6 Å². The van der Waals surface area contributed by atoms with E-state index in [0.29, 0.717) is 39.0 Å². The minimum atomic E-state index is -3.78. The average Bonchev–Trinajstić information content (AvgIpc) is 3.10. The van der Waals surface area contributed by atoms with Gasteiger partial charge in [0.2, 0.25) is 0 Å². The van der Waals surface area contributed by atoms with E-state index in [1.807, 2.05) is 7.05 Å². The van der Waals surface area contributed by atoms with Crippen molar-refractivity contribution in [1.29, 1.82) is 0 Å². The van der Waals surface area contributed by atoms with E-state index < -0.39 is 10.0 Å². The highest BCUT2D eigenvalue weighted by atomic mass is 35.5. The van der Waals surface area contributed by atoms with Gasteiger partial charge in [-0.05, 0) is 69.3 Å². The molecule has 29 heavy (non-hydrogen) atoms. The molecule has 1 aromatic heterocycles. The van der Waals surface area contributed by atoms with Gasteiger partial charge < -0.3 is 15.0 Å². The zero-order valence-corrected chi connectivity index (χ0v) is 18.3. The van der Waals surface area contributed by atoms with Crippen molar-refractivity contribution in [2.24, 2.45) is 0 Å². The number of sulfonamides is 1. The summed E-state index contributed by atoms with van der Waals surface area (Å²) in [4.78, 5) is 3.09. The molecule has 0 unspecified atom stereocenters. The molecule has 0 fully saturated rings. The molecule has 3 N–H and O–H groups in total. The summed E-state index contributed by atoms with van der Waals surface area (Å²) in [5.41, 5.74) is 0.905. The molecule has 0 aliphatic rings. The number of anilines is 1. The zero-order chi connectivity index (χ0) is 20.9. The molecule has 0 aliphatic heterocycles. The summed E-state index contributed by atoms with van der Waals surface area (Å²) >= 11 is 12.3. The molecule has 0 saturated heterocycles. The van der Waals surface area contributed by atoms with Crippen LogP contribution in [0.4, 0.5) is 5.69 Å². The molecule has 0 aliphatic carbocycles. The molecule has 0 bridgehead atoms. The lowest BCUT2D eigenvalue weighted by atomic mass is 10.2. The number of halogens is 2. The Morgan fingerprint density at radius 3 is 2.48 bits per heavy atom. The van der Waals surface area contributed by atoms with E-state index >= 15 is 0 Å². The first-order valence-corrected chi connectivity index (χ1v) is 11.5. The maximum absolute atomic E-state index is 12.8. The molecular weight excluding hydrogens is 433 g/mol.